The van der Waals surface area contributed by atoms with Crippen molar-refractivity contribution in [1.29, 1.82) is 0 Å². The Balaban J connectivity index is 1.60. The molecule has 1 saturated heterocycles. The van der Waals surface area contributed by atoms with Crippen LogP contribution in [0.4, 0.5) is 0 Å². The van der Waals surface area contributed by atoms with Gasteiger partial charge in [-0.1, -0.05) is 18.2 Å². The molecule has 0 unspecified atom stereocenters. The number of likely N-dealkylation sites (N-methyl/N-ethyl adjacent to an activating group) is 1. The monoisotopic (exact) mass is 342 g/mol. The summed E-state index contributed by atoms with van der Waals surface area (Å²) in [4.78, 5) is 16.3. The second-order valence-corrected chi connectivity index (χ2v) is 6.80. The van der Waals surface area contributed by atoms with E-state index in [0.717, 1.165) is 48.0 Å². The summed E-state index contributed by atoms with van der Waals surface area (Å²) in [5, 5.41) is 11.8. The minimum atomic E-state index is -0.208. The van der Waals surface area contributed by atoms with E-state index in [9.17, 15) is 9.90 Å². The van der Waals surface area contributed by atoms with E-state index in [2.05, 4.69) is 23.1 Å². The van der Waals surface area contributed by atoms with E-state index in [0.29, 0.717) is 13.1 Å². The molecule has 5 nitrogen and oxygen atoms in total. The Kier molecular flexibility index (Phi) is 5.56. The average molecular weight is 342 g/mol. The first kappa shape index (κ1) is 17.7. The summed E-state index contributed by atoms with van der Waals surface area (Å²) in [5.74, 6) is 0.963. The number of ether oxygens (including phenoxy) is 1. The second kappa shape index (κ2) is 7.85. The lowest BCUT2D eigenvalue weighted by molar-refractivity contribution is -0.132. The smallest absolute Gasteiger partial charge is 0.236 e. The summed E-state index contributed by atoms with van der Waals surface area (Å²) in [7, 11) is 3.51. The van der Waals surface area contributed by atoms with Crippen LogP contribution in [0.25, 0.3) is 10.8 Å². The molecule has 1 heterocycles. The van der Waals surface area contributed by atoms with Crippen molar-refractivity contribution in [2.75, 3.05) is 33.8 Å². The molecule has 0 radical (unpaired) electrons. The number of hydrogen-bond acceptors (Lipinski definition) is 4. The van der Waals surface area contributed by atoms with Gasteiger partial charge in [0, 0.05) is 26.7 Å². The Hall–Kier alpha value is -2.11. The molecular formula is C20H26N2O3. The predicted octanol–water partition coefficient (Wildman–Crippen LogP) is 2.26. The zero-order valence-electron chi connectivity index (χ0n) is 14.9. The fourth-order valence-corrected chi connectivity index (χ4v) is 3.25. The minimum Gasteiger partial charge on any atom is -0.497 e. The molecule has 2 aromatic rings. The molecule has 3 rings (SSSR count). The number of aliphatic hydroxyl groups is 1. The van der Waals surface area contributed by atoms with Gasteiger partial charge in [-0.15, -0.1) is 0 Å². The topological polar surface area (TPSA) is 53.0 Å². The summed E-state index contributed by atoms with van der Waals surface area (Å²) in [6.45, 7) is 2.60. The van der Waals surface area contributed by atoms with Crippen LogP contribution in [-0.4, -0.2) is 60.7 Å². The Morgan fingerprint density at radius 2 is 1.88 bits per heavy atom. The van der Waals surface area contributed by atoms with Crippen LogP contribution in [0.1, 0.15) is 18.4 Å². The summed E-state index contributed by atoms with van der Waals surface area (Å²) in [6.07, 6.45) is 1.30. The van der Waals surface area contributed by atoms with E-state index >= 15 is 0 Å². The highest BCUT2D eigenvalue weighted by Crippen LogP contribution is 2.22. The maximum Gasteiger partial charge on any atom is 0.236 e. The van der Waals surface area contributed by atoms with Crippen molar-refractivity contribution in [1.82, 2.24) is 9.80 Å². The molecule has 0 spiro atoms. The summed E-state index contributed by atoms with van der Waals surface area (Å²) in [6, 6.07) is 12.2. The molecule has 1 aliphatic heterocycles. The normalized spacial score (nSPS) is 16.1. The molecular weight excluding hydrogens is 316 g/mol. The van der Waals surface area contributed by atoms with E-state index in [-0.39, 0.29) is 12.0 Å². The van der Waals surface area contributed by atoms with Crippen molar-refractivity contribution < 1.29 is 14.6 Å². The number of likely N-dealkylation sites (tertiary alicyclic amines) is 1. The Morgan fingerprint density at radius 3 is 2.60 bits per heavy atom. The lowest BCUT2D eigenvalue weighted by Crippen LogP contribution is -2.43. The Morgan fingerprint density at radius 1 is 1.20 bits per heavy atom. The van der Waals surface area contributed by atoms with E-state index in [1.165, 1.54) is 0 Å². The van der Waals surface area contributed by atoms with Gasteiger partial charge >= 0.3 is 0 Å². The van der Waals surface area contributed by atoms with Crippen molar-refractivity contribution in [2.24, 2.45) is 0 Å². The van der Waals surface area contributed by atoms with Crippen LogP contribution < -0.4 is 4.74 Å². The molecule has 25 heavy (non-hydrogen) atoms. The molecule has 0 aliphatic carbocycles. The third kappa shape index (κ3) is 4.50. The van der Waals surface area contributed by atoms with E-state index in [1.54, 1.807) is 12.0 Å². The summed E-state index contributed by atoms with van der Waals surface area (Å²) < 4.78 is 5.25. The maximum absolute atomic E-state index is 12.4. The molecule has 1 amide bonds. The molecule has 1 fully saturated rings. The standard InChI is InChI=1S/C20H26N2O3/c1-21(20(24)14-22-9-7-18(23)8-10-22)13-15-3-4-17-12-19(25-2)6-5-16(17)11-15/h3-6,11-12,18,23H,7-10,13-14H2,1-2H3. The molecule has 5 heteroatoms. The van der Waals surface area contributed by atoms with Gasteiger partial charge in [0.15, 0.2) is 0 Å². The first-order valence-corrected chi connectivity index (χ1v) is 8.76. The number of aliphatic hydroxyl groups excluding tert-OH is 1. The van der Waals surface area contributed by atoms with Gasteiger partial charge in [-0.3, -0.25) is 9.69 Å². The molecule has 1 aliphatic rings. The number of methoxy groups -OCH3 is 1. The number of hydrogen-bond donors (Lipinski definition) is 1. The van der Waals surface area contributed by atoms with Gasteiger partial charge in [-0.05, 0) is 47.4 Å². The Labute approximate surface area is 148 Å². The predicted molar refractivity (Wildman–Crippen MR) is 98.7 cm³/mol. The van der Waals surface area contributed by atoms with Crippen LogP contribution in [0.15, 0.2) is 36.4 Å². The van der Waals surface area contributed by atoms with Crippen molar-refractivity contribution in [2.45, 2.75) is 25.5 Å². The fraction of sp³-hybridized carbons (Fsp3) is 0.450. The van der Waals surface area contributed by atoms with Crippen molar-refractivity contribution in [3.63, 3.8) is 0 Å². The quantitative estimate of drug-likeness (QED) is 0.906. The number of nitrogens with zero attached hydrogens (tertiary/aromatic N) is 2. The number of piperidine rings is 1. The van der Waals surface area contributed by atoms with E-state index < -0.39 is 0 Å². The van der Waals surface area contributed by atoms with Gasteiger partial charge in [0.2, 0.25) is 5.91 Å². The number of carbonyl (C=O) groups excluding carboxylic acids is 1. The molecule has 0 saturated carbocycles. The van der Waals surface area contributed by atoms with Gasteiger partial charge < -0.3 is 14.7 Å². The highest BCUT2D eigenvalue weighted by molar-refractivity contribution is 5.84. The number of amides is 1. The van der Waals surface area contributed by atoms with Crippen LogP contribution in [0.2, 0.25) is 0 Å². The largest absolute Gasteiger partial charge is 0.497 e. The third-order valence-electron chi connectivity index (χ3n) is 4.87. The lowest BCUT2D eigenvalue weighted by atomic mass is 10.1. The van der Waals surface area contributed by atoms with Crippen molar-refractivity contribution >= 4 is 16.7 Å². The van der Waals surface area contributed by atoms with Crippen LogP contribution in [0.5, 0.6) is 5.75 Å². The van der Waals surface area contributed by atoms with Gasteiger partial charge in [-0.25, -0.2) is 0 Å². The number of rotatable bonds is 5. The maximum atomic E-state index is 12.4. The Bertz CT molecular complexity index is 739. The third-order valence-corrected chi connectivity index (χ3v) is 4.87. The van der Waals surface area contributed by atoms with E-state index in [4.69, 9.17) is 4.74 Å². The van der Waals surface area contributed by atoms with Crippen LogP contribution in [-0.2, 0) is 11.3 Å². The molecule has 0 atom stereocenters. The van der Waals surface area contributed by atoms with Gasteiger partial charge in [0.05, 0.1) is 19.8 Å². The lowest BCUT2D eigenvalue weighted by Gasteiger charge is -2.30. The van der Waals surface area contributed by atoms with Gasteiger partial charge in [-0.2, -0.15) is 0 Å². The first-order chi connectivity index (χ1) is 12.0. The van der Waals surface area contributed by atoms with Crippen LogP contribution >= 0.6 is 0 Å². The summed E-state index contributed by atoms with van der Waals surface area (Å²) >= 11 is 0. The average Bonchev–Trinajstić information content (AvgIpc) is 2.63. The minimum absolute atomic E-state index is 0.117. The molecule has 0 bridgehead atoms. The first-order valence-electron chi connectivity index (χ1n) is 8.76. The zero-order valence-corrected chi connectivity index (χ0v) is 14.9. The fourth-order valence-electron chi connectivity index (χ4n) is 3.25. The van der Waals surface area contributed by atoms with Gasteiger partial charge in [0.25, 0.3) is 0 Å². The molecule has 1 N–H and O–H groups in total. The molecule has 0 aromatic heterocycles. The SMILES string of the molecule is COc1ccc2cc(CN(C)C(=O)CN3CCC(O)CC3)ccc2c1. The van der Waals surface area contributed by atoms with E-state index in [1.807, 2.05) is 25.2 Å². The molecule has 134 valence electrons. The van der Waals surface area contributed by atoms with Crippen LogP contribution in [0, 0.1) is 0 Å². The molecule has 2 aromatic carbocycles. The highest BCUT2D eigenvalue weighted by atomic mass is 16.5. The number of benzene rings is 2. The highest BCUT2D eigenvalue weighted by Gasteiger charge is 2.20. The van der Waals surface area contributed by atoms with Crippen molar-refractivity contribution in [3.8, 4) is 5.75 Å². The second-order valence-electron chi connectivity index (χ2n) is 6.80. The van der Waals surface area contributed by atoms with Crippen LogP contribution in [0.3, 0.4) is 0 Å². The zero-order chi connectivity index (χ0) is 17.8. The van der Waals surface area contributed by atoms with Crippen molar-refractivity contribution in [3.05, 3.63) is 42.0 Å². The van der Waals surface area contributed by atoms with Gasteiger partial charge in [0.1, 0.15) is 5.75 Å². The number of fused-ring (bicyclic) bond motifs is 1. The summed E-state index contributed by atoms with van der Waals surface area (Å²) in [5.41, 5.74) is 1.11. The number of carbonyl (C=O) groups is 1.